The second-order valence-corrected chi connectivity index (χ2v) is 6.23. The van der Waals surface area contributed by atoms with Crippen molar-refractivity contribution in [1.29, 1.82) is 0 Å². The topological polar surface area (TPSA) is 89.9 Å². The Balaban J connectivity index is 1.97. The van der Waals surface area contributed by atoms with Gasteiger partial charge in [-0.1, -0.05) is 6.42 Å². The minimum atomic E-state index is -1.06. The molecule has 4 unspecified atom stereocenters. The third-order valence-corrected chi connectivity index (χ3v) is 5.06. The lowest BCUT2D eigenvalue weighted by Gasteiger charge is -2.26. The maximum atomic E-state index is 12.2. The number of β-amino-alcohol motifs (C(OH)–C–C–N with tert-alkyl or cyclic N) is 1. The molecule has 19 heavy (non-hydrogen) atoms. The molecule has 0 aromatic rings. The molecule has 2 aliphatic rings. The third-order valence-electron chi connectivity index (χ3n) is 3.89. The molecule has 2 rings (SSSR count). The SMILES string of the molecule is CSC1CCCC1NC(=O)N1CC(O)CC1C(=O)O. The van der Waals surface area contributed by atoms with E-state index in [1.807, 2.05) is 6.26 Å². The van der Waals surface area contributed by atoms with E-state index < -0.39 is 18.1 Å². The van der Waals surface area contributed by atoms with Crippen molar-refractivity contribution in [1.82, 2.24) is 10.2 Å². The Morgan fingerprint density at radius 3 is 2.74 bits per heavy atom. The molecule has 1 saturated carbocycles. The van der Waals surface area contributed by atoms with Crippen LogP contribution in [0.5, 0.6) is 0 Å². The first-order valence-corrected chi connectivity index (χ1v) is 7.82. The molecule has 0 bridgehead atoms. The predicted molar refractivity (Wildman–Crippen MR) is 72.2 cm³/mol. The van der Waals surface area contributed by atoms with Gasteiger partial charge >= 0.3 is 12.0 Å². The van der Waals surface area contributed by atoms with Gasteiger partial charge in [0.05, 0.1) is 6.10 Å². The van der Waals surface area contributed by atoms with E-state index in [-0.39, 0.29) is 25.0 Å². The number of carbonyl (C=O) groups is 2. The van der Waals surface area contributed by atoms with Crippen LogP contribution in [0.15, 0.2) is 0 Å². The van der Waals surface area contributed by atoms with E-state index in [1.54, 1.807) is 11.8 Å². The molecule has 6 nitrogen and oxygen atoms in total. The Morgan fingerprint density at radius 2 is 2.11 bits per heavy atom. The molecule has 108 valence electrons. The number of likely N-dealkylation sites (tertiary alicyclic amines) is 1. The lowest BCUT2D eigenvalue weighted by atomic mass is 10.2. The number of carboxylic acid groups (broad SMARTS) is 1. The Hall–Kier alpha value is -0.950. The number of nitrogens with zero attached hydrogens (tertiary/aromatic N) is 1. The highest BCUT2D eigenvalue weighted by Crippen LogP contribution is 2.29. The summed E-state index contributed by atoms with van der Waals surface area (Å²) in [5.41, 5.74) is 0. The summed E-state index contributed by atoms with van der Waals surface area (Å²) in [5, 5.41) is 21.9. The van der Waals surface area contributed by atoms with E-state index in [0.717, 1.165) is 19.3 Å². The van der Waals surface area contributed by atoms with Gasteiger partial charge in [-0.15, -0.1) is 0 Å². The molecule has 1 aliphatic heterocycles. The lowest BCUT2D eigenvalue weighted by molar-refractivity contribution is -0.141. The van der Waals surface area contributed by atoms with Crippen molar-refractivity contribution >= 4 is 23.8 Å². The second-order valence-electron chi connectivity index (χ2n) is 5.16. The van der Waals surface area contributed by atoms with Crippen LogP contribution in [0.25, 0.3) is 0 Å². The number of aliphatic hydroxyl groups excluding tert-OH is 1. The van der Waals surface area contributed by atoms with Gasteiger partial charge in [-0.25, -0.2) is 9.59 Å². The molecule has 3 N–H and O–H groups in total. The first-order valence-electron chi connectivity index (χ1n) is 6.53. The Morgan fingerprint density at radius 1 is 1.37 bits per heavy atom. The first kappa shape index (κ1) is 14.5. The highest BCUT2D eigenvalue weighted by molar-refractivity contribution is 7.99. The molecule has 1 heterocycles. The number of nitrogens with one attached hydrogen (secondary N) is 1. The van der Waals surface area contributed by atoms with Crippen LogP contribution >= 0.6 is 11.8 Å². The van der Waals surface area contributed by atoms with Gasteiger partial charge in [-0.3, -0.25) is 0 Å². The van der Waals surface area contributed by atoms with Gasteiger partial charge in [0.1, 0.15) is 6.04 Å². The average Bonchev–Trinajstić information content (AvgIpc) is 2.95. The zero-order valence-corrected chi connectivity index (χ0v) is 11.7. The Labute approximate surface area is 116 Å². The molecule has 4 atom stereocenters. The van der Waals surface area contributed by atoms with Crippen molar-refractivity contribution in [2.24, 2.45) is 0 Å². The van der Waals surface area contributed by atoms with Crippen molar-refractivity contribution in [3.05, 3.63) is 0 Å². The fourth-order valence-corrected chi connectivity index (χ4v) is 3.82. The van der Waals surface area contributed by atoms with Crippen LogP contribution in [0, 0.1) is 0 Å². The van der Waals surface area contributed by atoms with Crippen molar-refractivity contribution < 1.29 is 19.8 Å². The summed E-state index contributed by atoms with van der Waals surface area (Å²) < 4.78 is 0. The lowest BCUT2D eigenvalue weighted by Crippen LogP contribution is -2.50. The number of aliphatic hydroxyl groups is 1. The number of rotatable bonds is 3. The Kier molecular flexibility index (Phi) is 4.57. The summed E-state index contributed by atoms with van der Waals surface area (Å²) in [7, 11) is 0. The number of hydrogen-bond acceptors (Lipinski definition) is 4. The number of amides is 2. The third kappa shape index (κ3) is 3.14. The number of carbonyl (C=O) groups excluding carboxylic acids is 1. The maximum Gasteiger partial charge on any atom is 0.326 e. The molecule has 0 spiro atoms. The van der Waals surface area contributed by atoms with Crippen LogP contribution in [0.4, 0.5) is 4.79 Å². The molecular weight excluding hydrogens is 268 g/mol. The monoisotopic (exact) mass is 288 g/mol. The summed E-state index contributed by atoms with van der Waals surface area (Å²) in [4.78, 5) is 24.5. The average molecular weight is 288 g/mol. The normalized spacial score (nSPS) is 34.5. The van der Waals surface area contributed by atoms with Crippen molar-refractivity contribution in [2.45, 2.75) is 49.1 Å². The van der Waals surface area contributed by atoms with Crippen LogP contribution in [-0.2, 0) is 4.79 Å². The largest absolute Gasteiger partial charge is 0.480 e. The van der Waals surface area contributed by atoms with Crippen LogP contribution < -0.4 is 5.32 Å². The molecule has 2 amide bonds. The minimum Gasteiger partial charge on any atom is -0.480 e. The first-order chi connectivity index (χ1) is 9.02. The van der Waals surface area contributed by atoms with E-state index >= 15 is 0 Å². The standard InChI is InChI=1S/C12H20N2O4S/c1-19-10-4-2-3-8(10)13-12(18)14-6-7(15)5-9(14)11(16)17/h7-10,15H,2-6H2,1H3,(H,13,18)(H,16,17). The van der Waals surface area contributed by atoms with Gasteiger partial charge in [0.15, 0.2) is 0 Å². The fourth-order valence-electron chi connectivity index (χ4n) is 2.89. The Bertz CT molecular complexity index is 366. The van der Waals surface area contributed by atoms with Crippen molar-refractivity contribution in [3.63, 3.8) is 0 Å². The van der Waals surface area contributed by atoms with Gasteiger partial charge in [-0.2, -0.15) is 11.8 Å². The zero-order valence-electron chi connectivity index (χ0n) is 10.9. The molecule has 0 aromatic heterocycles. The maximum absolute atomic E-state index is 12.2. The van der Waals surface area contributed by atoms with Gasteiger partial charge in [0, 0.05) is 24.3 Å². The highest BCUT2D eigenvalue weighted by Gasteiger charge is 2.40. The van der Waals surface area contributed by atoms with Crippen LogP contribution in [0.3, 0.4) is 0 Å². The summed E-state index contributed by atoms with van der Waals surface area (Å²) in [6, 6.07) is -1.17. The molecule has 0 radical (unpaired) electrons. The summed E-state index contributed by atoms with van der Waals surface area (Å²) in [5.74, 6) is -1.06. The molecular formula is C12H20N2O4S. The number of thioether (sulfide) groups is 1. The van der Waals surface area contributed by atoms with E-state index in [0.29, 0.717) is 5.25 Å². The van der Waals surface area contributed by atoms with Gasteiger partial charge in [0.2, 0.25) is 0 Å². The van der Waals surface area contributed by atoms with Crippen LogP contribution in [0.2, 0.25) is 0 Å². The van der Waals surface area contributed by atoms with Crippen molar-refractivity contribution in [3.8, 4) is 0 Å². The fraction of sp³-hybridized carbons (Fsp3) is 0.833. The van der Waals surface area contributed by atoms with E-state index in [1.165, 1.54) is 4.90 Å². The highest BCUT2D eigenvalue weighted by atomic mass is 32.2. The predicted octanol–water partition coefficient (Wildman–Crippen LogP) is 0.500. The summed E-state index contributed by atoms with van der Waals surface area (Å²) >= 11 is 1.73. The quantitative estimate of drug-likeness (QED) is 0.703. The van der Waals surface area contributed by atoms with E-state index in [4.69, 9.17) is 5.11 Å². The minimum absolute atomic E-state index is 0.0967. The number of urea groups is 1. The molecule has 7 heteroatoms. The van der Waals surface area contributed by atoms with Crippen molar-refractivity contribution in [2.75, 3.05) is 12.8 Å². The van der Waals surface area contributed by atoms with E-state index in [2.05, 4.69) is 5.32 Å². The smallest absolute Gasteiger partial charge is 0.326 e. The zero-order chi connectivity index (χ0) is 14.0. The molecule has 1 aliphatic carbocycles. The number of carboxylic acids is 1. The number of aliphatic carboxylic acids is 1. The van der Waals surface area contributed by atoms with E-state index in [9.17, 15) is 14.7 Å². The van der Waals surface area contributed by atoms with Gasteiger partial charge in [0.25, 0.3) is 0 Å². The molecule has 1 saturated heterocycles. The summed E-state index contributed by atoms with van der Waals surface area (Å²) in [6.45, 7) is 0.0967. The van der Waals surface area contributed by atoms with Gasteiger partial charge in [-0.05, 0) is 19.1 Å². The van der Waals surface area contributed by atoms with Gasteiger partial charge < -0.3 is 20.4 Å². The second kappa shape index (κ2) is 6.00. The number of hydrogen-bond donors (Lipinski definition) is 3. The molecule has 2 fully saturated rings. The summed E-state index contributed by atoms with van der Waals surface area (Å²) in [6.07, 6.45) is 4.49. The molecule has 0 aromatic carbocycles. The van der Waals surface area contributed by atoms with Crippen LogP contribution in [0.1, 0.15) is 25.7 Å². The van der Waals surface area contributed by atoms with Crippen LogP contribution in [-0.4, -0.2) is 63.4 Å².